The van der Waals surface area contributed by atoms with Gasteiger partial charge in [-0.3, -0.25) is 4.68 Å². The van der Waals surface area contributed by atoms with Crippen LogP contribution in [0.1, 0.15) is 17.7 Å². The Kier molecular flexibility index (Phi) is 4.50. The topological polar surface area (TPSA) is 53.1 Å². The van der Waals surface area contributed by atoms with Crippen LogP contribution in [0.4, 0.5) is 0 Å². The second-order valence-electron chi connectivity index (χ2n) is 4.50. The quantitative estimate of drug-likeness (QED) is 0.854. The number of rotatable bonds is 5. The van der Waals surface area contributed by atoms with Crippen LogP contribution in [-0.4, -0.2) is 22.9 Å². The van der Waals surface area contributed by atoms with Gasteiger partial charge < -0.3 is 10.5 Å². The van der Waals surface area contributed by atoms with E-state index in [1.165, 1.54) is 0 Å². The second kappa shape index (κ2) is 6.12. The summed E-state index contributed by atoms with van der Waals surface area (Å²) in [5.41, 5.74) is 7.25. The van der Waals surface area contributed by atoms with Crippen molar-refractivity contribution in [3.63, 3.8) is 0 Å². The number of ether oxygens (including phenoxy) is 1. The fourth-order valence-corrected chi connectivity index (χ4v) is 3.09. The SMILES string of the molecule is COc1ccccc1SC(c1cnn(C)c1)C(C)N. The molecule has 0 bridgehead atoms. The van der Waals surface area contributed by atoms with Crippen LogP contribution in [0.2, 0.25) is 0 Å². The molecule has 0 radical (unpaired) electrons. The first-order valence-electron chi connectivity index (χ1n) is 6.15. The zero-order valence-corrected chi connectivity index (χ0v) is 12.2. The van der Waals surface area contributed by atoms with Gasteiger partial charge in [0.05, 0.1) is 18.6 Å². The highest BCUT2D eigenvalue weighted by molar-refractivity contribution is 7.99. The van der Waals surface area contributed by atoms with Crippen molar-refractivity contribution in [2.75, 3.05) is 7.11 Å². The molecule has 2 N–H and O–H groups in total. The number of methoxy groups -OCH3 is 1. The molecule has 0 aliphatic carbocycles. The molecule has 2 aromatic rings. The molecule has 1 aromatic heterocycles. The van der Waals surface area contributed by atoms with E-state index in [0.29, 0.717) is 0 Å². The molecular weight excluding hydrogens is 258 g/mol. The van der Waals surface area contributed by atoms with Crippen LogP contribution in [0.15, 0.2) is 41.6 Å². The van der Waals surface area contributed by atoms with Gasteiger partial charge in [0.1, 0.15) is 5.75 Å². The van der Waals surface area contributed by atoms with Gasteiger partial charge in [0.25, 0.3) is 0 Å². The Bertz CT molecular complexity index is 539. The number of hydrogen-bond acceptors (Lipinski definition) is 4. The standard InChI is InChI=1S/C14H19N3OS/c1-10(15)14(11-8-16-17(2)9-11)19-13-7-5-4-6-12(13)18-3/h4-10,14H,15H2,1-3H3. The molecule has 0 aliphatic heterocycles. The molecule has 0 saturated heterocycles. The average molecular weight is 277 g/mol. The lowest BCUT2D eigenvalue weighted by atomic mass is 10.1. The van der Waals surface area contributed by atoms with Gasteiger partial charge in [-0.1, -0.05) is 12.1 Å². The van der Waals surface area contributed by atoms with Crippen LogP contribution in [0.5, 0.6) is 5.75 Å². The molecule has 4 nitrogen and oxygen atoms in total. The zero-order chi connectivity index (χ0) is 13.8. The van der Waals surface area contributed by atoms with Gasteiger partial charge in [-0.25, -0.2) is 0 Å². The third kappa shape index (κ3) is 3.30. The summed E-state index contributed by atoms with van der Waals surface area (Å²) in [5.74, 6) is 0.877. The van der Waals surface area contributed by atoms with Gasteiger partial charge >= 0.3 is 0 Å². The molecule has 0 aliphatic rings. The molecule has 0 amide bonds. The lowest BCUT2D eigenvalue weighted by Crippen LogP contribution is -2.22. The van der Waals surface area contributed by atoms with Gasteiger partial charge in [-0.15, -0.1) is 11.8 Å². The Morgan fingerprint density at radius 3 is 2.68 bits per heavy atom. The van der Waals surface area contributed by atoms with Crippen molar-refractivity contribution in [2.45, 2.75) is 23.1 Å². The number of thioether (sulfide) groups is 1. The minimum Gasteiger partial charge on any atom is -0.496 e. The zero-order valence-electron chi connectivity index (χ0n) is 11.4. The lowest BCUT2D eigenvalue weighted by Gasteiger charge is -2.20. The summed E-state index contributed by atoms with van der Waals surface area (Å²) in [7, 11) is 3.60. The number of nitrogens with two attached hydrogens (primary N) is 1. The summed E-state index contributed by atoms with van der Waals surface area (Å²) in [5, 5.41) is 4.38. The van der Waals surface area contributed by atoms with E-state index in [4.69, 9.17) is 10.5 Å². The van der Waals surface area contributed by atoms with E-state index in [1.54, 1.807) is 23.6 Å². The van der Waals surface area contributed by atoms with Crippen molar-refractivity contribution >= 4 is 11.8 Å². The van der Waals surface area contributed by atoms with E-state index in [2.05, 4.69) is 11.2 Å². The first kappa shape index (κ1) is 14.0. The van der Waals surface area contributed by atoms with Crippen molar-refractivity contribution in [3.8, 4) is 5.75 Å². The smallest absolute Gasteiger partial charge is 0.132 e. The van der Waals surface area contributed by atoms with E-state index in [-0.39, 0.29) is 11.3 Å². The maximum atomic E-state index is 6.12. The van der Waals surface area contributed by atoms with Crippen molar-refractivity contribution in [2.24, 2.45) is 12.8 Å². The van der Waals surface area contributed by atoms with Crippen molar-refractivity contribution in [1.29, 1.82) is 0 Å². The largest absolute Gasteiger partial charge is 0.496 e. The average Bonchev–Trinajstić information content (AvgIpc) is 2.82. The molecule has 2 unspecified atom stereocenters. The van der Waals surface area contributed by atoms with Gasteiger partial charge in [0, 0.05) is 29.7 Å². The third-order valence-electron chi connectivity index (χ3n) is 2.85. The predicted octanol–water partition coefficient (Wildman–Crippen LogP) is 2.61. The Hall–Kier alpha value is -1.46. The first-order valence-corrected chi connectivity index (χ1v) is 7.03. The Labute approximate surface area is 117 Å². The van der Waals surface area contributed by atoms with Crippen LogP contribution >= 0.6 is 11.8 Å². The number of aromatic nitrogens is 2. The van der Waals surface area contributed by atoms with Gasteiger partial charge in [-0.05, 0) is 19.1 Å². The van der Waals surface area contributed by atoms with E-state index in [0.717, 1.165) is 16.2 Å². The molecule has 2 rings (SSSR count). The fourth-order valence-electron chi connectivity index (χ4n) is 1.92. The monoisotopic (exact) mass is 277 g/mol. The molecular formula is C14H19N3OS. The highest BCUT2D eigenvalue weighted by Crippen LogP contribution is 2.40. The fraction of sp³-hybridized carbons (Fsp3) is 0.357. The van der Waals surface area contributed by atoms with Gasteiger partial charge in [0.2, 0.25) is 0 Å². The number of hydrogen-bond donors (Lipinski definition) is 1. The molecule has 19 heavy (non-hydrogen) atoms. The van der Waals surface area contributed by atoms with Crippen molar-refractivity contribution in [3.05, 3.63) is 42.2 Å². The van der Waals surface area contributed by atoms with Crippen LogP contribution < -0.4 is 10.5 Å². The molecule has 5 heteroatoms. The van der Waals surface area contributed by atoms with E-state index in [9.17, 15) is 0 Å². The summed E-state index contributed by atoms with van der Waals surface area (Å²) in [6.07, 6.45) is 3.88. The Morgan fingerprint density at radius 1 is 1.37 bits per heavy atom. The van der Waals surface area contributed by atoms with Crippen LogP contribution in [0.25, 0.3) is 0 Å². The summed E-state index contributed by atoms with van der Waals surface area (Å²) in [6, 6.07) is 8.01. The highest BCUT2D eigenvalue weighted by atomic mass is 32.2. The first-order chi connectivity index (χ1) is 9.11. The third-order valence-corrected chi connectivity index (χ3v) is 4.40. The van der Waals surface area contributed by atoms with Crippen molar-refractivity contribution < 1.29 is 4.74 Å². The summed E-state index contributed by atoms with van der Waals surface area (Å²) in [4.78, 5) is 1.09. The number of nitrogens with zero attached hydrogens (tertiary/aromatic N) is 2. The maximum absolute atomic E-state index is 6.12. The molecule has 1 aromatic carbocycles. The highest BCUT2D eigenvalue weighted by Gasteiger charge is 2.20. The lowest BCUT2D eigenvalue weighted by molar-refractivity contribution is 0.404. The van der Waals surface area contributed by atoms with Crippen molar-refractivity contribution in [1.82, 2.24) is 9.78 Å². The minimum atomic E-state index is 0.0270. The predicted molar refractivity (Wildman–Crippen MR) is 78.4 cm³/mol. The molecule has 102 valence electrons. The number of para-hydroxylation sites is 1. The molecule has 2 atom stereocenters. The number of aryl methyl sites for hydroxylation is 1. The minimum absolute atomic E-state index is 0.0270. The summed E-state index contributed by atoms with van der Waals surface area (Å²) in [6.45, 7) is 2.01. The van der Waals surface area contributed by atoms with Crippen LogP contribution in [-0.2, 0) is 7.05 Å². The van der Waals surface area contributed by atoms with Gasteiger partial charge in [-0.2, -0.15) is 5.10 Å². The normalized spacial score (nSPS) is 14.1. The summed E-state index contributed by atoms with van der Waals surface area (Å²) < 4.78 is 7.18. The number of benzene rings is 1. The molecule has 0 fully saturated rings. The molecule has 0 spiro atoms. The van der Waals surface area contributed by atoms with Crippen LogP contribution in [0, 0.1) is 0 Å². The molecule has 0 saturated carbocycles. The van der Waals surface area contributed by atoms with E-state index >= 15 is 0 Å². The second-order valence-corrected chi connectivity index (χ2v) is 5.68. The molecule has 1 heterocycles. The van der Waals surface area contributed by atoms with E-state index < -0.39 is 0 Å². The Balaban J connectivity index is 2.26. The van der Waals surface area contributed by atoms with Crippen LogP contribution in [0.3, 0.4) is 0 Å². The summed E-state index contributed by atoms with van der Waals surface area (Å²) >= 11 is 1.71. The maximum Gasteiger partial charge on any atom is 0.132 e. The Morgan fingerprint density at radius 2 is 2.11 bits per heavy atom. The van der Waals surface area contributed by atoms with Gasteiger partial charge in [0.15, 0.2) is 0 Å². The van der Waals surface area contributed by atoms with E-state index in [1.807, 2.05) is 44.6 Å².